The topological polar surface area (TPSA) is 32.3 Å². The quantitative estimate of drug-likeness (QED) is 0.834. The monoisotopic (exact) mass is 252 g/mol. The van der Waals surface area contributed by atoms with E-state index in [0.29, 0.717) is 18.0 Å². The van der Waals surface area contributed by atoms with Gasteiger partial charge in [0.05, 0.1) is 5.41 Å². The summed E-state index contributed by atoms with van der Waals surface area (Å²) in [6, 6.07) is 0.929. The van der Waals surface area contributed by atoms with Crippen molar-refractivity contribution in [3.8, 4) is 0 Å². The van der Waals surface area contributed by atoms with Gasteiger partial charge in [0, 0.05) is 18.6 Å². The lowest BCUT2D eigenvalue weighted by molar-refractivity contribution is -0.144. The summed E-state index contributed by atoms with van der Waals surface area (Å²) in [6.45, 7) is 8.51. The second-order valence-corrected chi connectivity index (χ2v) is 6.16. The molecule has 0 radical (unpaired) electrons. The Morgan fingerprint density at radius 3 is 2.72 bits per heavy atom. The smallest absolute Gasteiger partial charge is 0.230 e. The zero-order chi connectivity index (χ0) is 13.2. The number of likely N-dealkylation sites (tertiary alicyclic amines) is 1. The summed E-state index contributed by atoms with van der Waals surface area (Å²) < 4.78 is 0. The van der Waals surface area contributed by atoms with Crippen molar-refractivity contribution in [3.05, 3.63) is 0 Å². The highest BCUT2D eigenvalue weighted by molar-refractivity contribution is 5.84. The van der Waals surface area contributed by atoms with E-state index in [9.17, 15) is 4.79 Å². The van der Waals surface area contributed by atoms with Crippen molar-refractivity contribution < 1.29 is 4.79 Å². The van der Waals surface area contributed by atoms with Gasteiger partial charge >= 0.3 is 0 Å². The number of hydrogen-bond donors (Lipinski definition) is 1. The number of rotatable bonds is 4. The summed E-state index contributed by atoms with van der Waals surface area (Å²) in [5.74, 6) is 0.436. The van der Waals surface area contributed by atoms with Crippen molar-refractivity contribution in [1.82, 2.24) is 10.2 Å². The normalized spacial score (nSPS) is 36.3. The highest BCUT2D eigenvalue weighted by Gasteiger charge is 2.46. The number of hydrogen-bond acceptors (Lipinski definition) is 2. The summed E-state index contributed by atoms with van der Waals surface area (Å²) in [6.07, 6.45) is 6.65. The number of carbonyl (C=O) groups is 1. The van der Waals surface area contributed by atoms with Crippen LogP contribution in [0.4, 0.5) is 0 Å². The molecule has 18 heavy (non-hydrogen) atoms. The van der Waals surface area contributed by atoms with Crippen LogP contribution in [-0.2, 0) is 4.79 Å². The minimum absolute atomic E-state index is 0.0965. The third kappa shape index (κ3) is 2.29. The maximum absolute atomic E-state index is 13.0. The molecule has 2 heterocycles. The minimum Gasteiger partial charge on any atom is -0.336 e. The molecule has 0 saturated carbocycles. The van der Waals surface area contributed by atoms with Crippen LogP contribution in [0, 0.1) is 5.41 Å². The van der Waals surface area contributed by atoms with E-state index in [0.717, 1.165) is 38.8 Å². The molecule has 104 valence electrons. The minimum atomic E-state index is -0.0965. The lowest BCUT2D eigenvalue weighted by atomic mass is 9.80. The summed E-state index contributed by atoms with van der Waals surface area (Å²) >= 11 is 0. The van der Waals surface area contributed by atoms with E-state index in [1.807, 2.05) is 0 Å². The molecule has 3 unspecified atom stereocenters. The third-order valence-electron chi connectivity index (χ3n) is 4.92. The zero-order valence-corrected chi connectivity index (χ0v) is 12.2. The second kappa shape index (κ2) is 5.60. The van der Waals surface area contributed by atoms with Gasteiger partial charge in [0.2, 0.25) is 5.91 Å². The highest BCUT2D eigenvalue weighted by Crippen LogP contribution is 2.38. The van der Waals surface area contributed by atoms with Gasteiger partial charge in [-0.2, -0.15) is 0 Å². The number of carbonyl (C=O) groups excluding carboxylic acids is 1. The second-order valence-electron chi connectivity index (χ2n) is 6.16. The van der Waals surface area contributed by atoms with Crippen LogP contribution in [0.1, 0.15) is 59.3 Å². The van der Waals surface area contributed by atoms with E-state index >= 15 is 0 Å². The van der Waals surface area contributed by atoms with Crippen LogP contribution in [0.15, 0.2) is 0 Å². The summed E-state index contributed by atoms with van der Waals surface area (Å²) in [5.41, 5.74) is -0.0965. The van der Waals surface area contributed by atoms with Crippen LogP contribution in [-0.4, -0.2) is 36.0 Å². The van der Waals surface area contributed by atoms with Crippen LogP contribution in [0.3, 0.4) is 0 Å². The Hall–Kier alpha value is -0.570. The van der Waals surface area contributed by atoms with Crippen LogP contribution in [0.2, 0.25) is 0 Å². The molecular formula is C15H28N2O. The molecule has 0 bridgehead atoms. The molecule has 2 aliphatic heterocycles. The van der Waals surface area contributed by atoms with Crippen molar-refractivity contribution in [2.75, 3.05) is 13.1 Å². The summed E-state index contributed by atoms with van der Waals surface area (Å²) in [4.78, 5) is 15.2. The van der Waals surface area contributed by atoms with Crippen LogP contribution in [0.25, 0.3) is 0 Å². The zero-order valence-electron chi connectivity index (χ0n) is 12.2. The Balaban J connectivity index is 2.17. The maximum atomic E-state index is 13.0. The van der Waals surface area contributed by atoms with Gasteiger partial charge in [0.15, 0.2) is 0 Å². The first-order chi connectivity index (χ1) is 8.64. The Morgan fingerprint density at radius 2 is 2.17 bits per heavy atom. The van der Waals surface area contributed by atoms with E-state index in [-0.39, 0.29) is 5.41 Å². The predicted molar refractivity (Wildman–Crippen MR) is 74.4 cm³/mol. The lowest BCUT2D eigenvalue weighted by Crippen LogP contribution is -2.49. The van der Waals surface area contributed by atoms with Gasteiger partial charge in [0.1, 0.15) is 0 Å². The van der Waals surface area contributed by atoms with Gasteiger partial charge in [-0.25, -0.2) is 0 Å². The van der Waals surface area contributed by atoms with E-state index < -0.39 is 0 Å². The Kier molecular flexibility index (Phi) is 4.31. The van der Waals surface area contributed by atoms with E-state index in [1.165, 1.54) is 12.8 Å². The van der Waals surface area contributed by atoms with Crippen LogP contribution < -0.4 is 5.32 Å². The first-order valence-corrected chi connectivity index (χ1v) is 7.68. The first kappa shape index (κ1) is 13.9. The summed E-state index contributed by atoms with van der Waals surface area (Å²) in [5, 5.41) is 3.40. The SMILES string of the molecule is CCCC1(C(=O)N2C(C)CCC2CC)CCNC1. The van der Waals surface area contributed by atoms with Crippen molar-refractivity contribution in [2.24, 2.45) is 5.41 Å². The molecule has 2 saturated heterocycles. The summed E-state index contributed by atoms with van der Waals surface area (Å²) in [7, 11) is 0. The third-order valence-corrected chi connectivity index (χ3v) is 4.92. The van der Waals surface area contributed by atoms with Crippen molar-refractivity contribution >= 4 is 5.91 Å². The molecule has 3 nitrogen and oxygen atoms in total. The molecule has 1 N–H and O–H groups in total. The molecule has 0 aromatic carbocycles. The fraction of sp³-hybridized carbons (Fsp3) is 0.933. The van der Waals surface area contributed by atoms with Gasteiger partial charge < -0.3 is 10.2 Å². The number of amides is 1. The average Bonchev–Trinajstić information content (AvgIpc) is 2.96. The molecular weight excluding hydrogens is 224 g/mol. The standard InChI is InChI=1S/C15H28N2O/c1-4-8-15(9-10-16-11-15)14(18)17-12(3)6-7-13(17)5-2/h12-13,16H,4-11H2,1-3H3. The van der Waals surface area contributed by atoms with Crippen molar-refractivity contribution in [1.29, 1.82) is 0 Å². The van der Waals surface area contributed by atoms with Crippen LogP contribution in [0.5, 0.6) is 0 Å². The molecule has 0 aromatic rings. The Labute approximate surface area is 111 Å². The number of nitrogens with zero attached hydrogens (tertiary/aromatic N) is 1. The largest absolute Gasteiger partial charge is 0.336 e. The average molecular weight is 252 g/mol. The predicted octanol–water partition coefficient (Wildman–Crippen LogP) is 2.56. The van der Waals surface area contributed by atoms with Crippen molar-refractivity contribution in [3.63, 3.8) is 0 Å². The molecule has 0 aliphatic carbocycles. The van der Waals surface area contributed by atoms with Gasteiger partial charge in [-0.15, -0.1) is 0 Å². The molecule has 1 amide bonds. The molecule has 2 rings (SSSR count). The van der Waals surface area contributed by atoms with Gasteiger partial charge in [0.25, 0.3) is 0 Å². The Bertz CT molecular complexity index is 297. The molecule has 3 heteroatoms. The number of nitrogens with one attached hydrogen (secondary N) is 1. The fourth-order valence-corrected chi connectivity index (χ4v) is 3.84. The van der Waals surface area contributed by atoms with E-state index in [1.54, 1.807) is 0 Å². The maximum Gasteiger partial charge on any atom is 0.230 e. The van der Waals surface area contributed by atoms with Crippen LogP contribution >= 0.6 is 0 Å². The van der Waals surface area contributed by atoms with E-state index in [4.69, 9.17) is 0 Å². The lowest BCUT2D eigenvalue weighted by Gasteiger charge is -2.37. The molecule has 2 aliphatic rings. The highest BCUT2D eigenvalue weighted by atomic mass is 16.2. The molecule has 2 fully saturated rings. The van der Waals surface area contributed by atoms with Gasteiger partial charge in [-0.3, -0.25) is 4.79 Å². The Morgan fingerprint density at radius 1 is 1.39 bits per heavy atom. The fourth-order valence-electron chi connectivity index (χ4n) is 3.84. The van der Waals surface area contributed by atoms with E-state index in [2.05, 4.69) is 31.0 Å². The van der Waals surface area contributed by atoms with Gasteiger partial charge in [-0.1, -0.05) is 20.3 Å². The molecule has 0 aromatic heterocycles. The molecule has 3 atom stereocenters. The van der Waals surface area contributed by atoms with Crippen molar-refractivity contribution in [2.45, 2.75) is 71.4 Å². The molecule has 0 spiro atoms. The first-order valence-electron chi connectivity index (χ1n) is 7.68. The van der Waals surface area contributed by atoms with Gasteiger partial charge in [-0.05, 0) is 45.6 Å².